The van der Waals surface area contributed by atoms with Gasteiger partial charge < -0.3 is 16.0 Å². The summed E-state index contributed by atoms with van der Waals surface area (Å²) in [6.45, 7) is 4.28. The van der Waals surface area contributed by atoms with Gasteiger partial charge in [0, 0.05) is 24.7 Å². The van der Waals surface area contributed by atoms with Crippen molar-refractivity contribution >= 4 is 5.91 Å². The Bertz CT molecular complexity index is 1020. The van der Waals surface area contributed by atoms with Crippen LogP contribution in [0.4, 0.5) is 4.39 Å². The normalized spacial score (nSPS) is 18.6. The van der Waals surface area contributed by atoms with Crippen molar-refractivity contribution in [2.75, 3.05) is 26.7 Å². The molecule has 3 aromatic carbocycles. The molecule has 1 aliphatic rings. The number of likely N-dealkylation sites (tertiary alicyclic amines) is 1. The Morgan fingerprint density at radius 3 is 2.16 bits per heavy atom. The van der Waals surface area contributed by atoms with Gasteiger partial charge >= 0.3 is 0 Å². The minimum atomic E-state index is -0.280. The Balaban J connectivity index is 1.62. The number of carbonyl (C=O) groups is 1. The molecule has 3 aromatic rings. The van der Waals surface area contributed by atoms with Crippen LogP contribution in [0.2, 0.25) is 0 Å². The average molecular weight is 432 g/mol. The summed E-state index contributed by atoms with van der Waals surface area (Å²) in [4.78, 5) is 15.4. The van der Waals surface area contributed by atoms with E-state index in [0.29, 0.717) is 30.6 Å². The fraction of sp³-hybridized carbons (Fsp3) is 0.296. The number of nitrogens with two attached hydrogens (primary N) is 1. The molecule has 0 radical (unpaired) electrons. The van der Waals surface area contributed by atoms with Crippen molar-refractivity contribution in [2.45, 2.75) is 19.4 Å². The third kappa shape index (κ3) is 5.06. The summed E-state index contributed by atoms with van der Waals surface area (Å²) in [6, 6.07) is 20.7. The Morgan fingerprint density at radius 2 is 1.59 bits per heavy atom. The van der Waals surface area contributed by atoms with E-state index in [9.17, 15) is 9.18 Å². The lowest BCUT2D eigenvalue weighted by Gasteiger charge is -2.20. The van der Waals surface area contributed by atoms with Crippen LogP contribution in [0.5, 0.6) is 0 Å². The molecule has 1 amide bonds. The Morgan fingerprint density at radius 1 is 1.00 bits per heavy atom. The van der Waals surface area contributed by atoms with Crippen molar-refractivity contribution in [1.29, 1.82) is 0 Å². The van der Waals surface area contributed by atoms with Crippen LogP contribution in [-0.4, -0.2) is 43.5 Å². The summed E-state index contributed by atoms with van der Waals surface area (Å²) in [5, 5.41) is 3.11. The lowest BCUT2D eigenvalue weighted by molar-refractivity contribution is 0.0943. The van der Waals surface area contributed by atoms with Crippen molar-refractivity contribution in [2.24, 2.45) is 11.7 Å². The van der Waals surface area contributed by atoms with Gasteiger partial charge in [-0.3, -0.25) is 4.79 Å². The highest BCUT2D eigenvalue weighted by Gasteiger charge is 2.28. The van der Waals surface area contributed by atoms with Crippen molar-refractivity contribution in [3.63, 3.8) is 0 Å². The van der Waals surface area contributed by atoms with Gasteiger partial charge in [0.25, 0.3) is 5.91 Å². The minimum absolute atomic E-state index is 0.105. The van der Waals surface area contributed by atoms with E-state index in [-0.39, 0.29) is 11.7 Å². The van der Waals surface area contributed by atoms with Crippen LogP contribution in [0.3, 0.4) is 0 Å². The van der Waals surface area contributed by atoms with Gasteiger partial charge in [-0.05, 0) is 85.4 Å². The summed E-state index contributed by atoms with van der Waals surface area (Å²) >= 11 is 0. The maximum atomic E-state index is 13.4. The fourth-order valence-electron chi connectivity index (χ4n) is 4.40. The molecule has 1 heterocycles. The molecule has 0 saturated carbocycles. The van der Waals surface area contributed by atoms with Gasteiger partial charge in [0.15, 0.2) is 0 Å². The van der Waals surface area contributed by atoms with Crippen LogP contribution < -0.4 is 11.1 Å². The molecule has 1 aliphatic heterocycles. The monoisotopic (exact) mass is 431 g/mol. The molecule has 0 spiro atoms. The van der Waals surface area contributed by atoms with Crippen LogP contribution in [0.25, 0.3) is 22.3 Å². The molecule has 2 atom stereocenters. The first-order valence-electron chi connectivity index (χ1n) is 11.1. The van der Waals surface area contributed by atoms with Gasteiger partial charge in [0.2, 0.25) is 0 Å². The zero-order valence-corrected chi connectivity index (χ0v) is 18.6. The molecule has 4 nitrogen and oxygen atoms in total. The highest BCUT2D eigenvalue weighted by molar-refractivity contribution is 5.97. The first-order chi connectivity index (χ1) is 15.4. The quantitative estimate of drug-likeness (QED) is 0.605. The average Bonchev–Trinajstić information content (AvgIpc) is 3.17. The first kappa shape index (κ1) is 22.2. The molecule has 0 unspecified atom stereocenters. The number of hydrogen-bond donors (Lipinski definition) is 2. The smallest absolute Gasteiger partial charge is 0.251 e. The highest BCUT2D eigenvalue weighted by atomic mass is 19.1. The summed E-state index contributed by atoms with van der Waals surface area (Å²) in [5.41, 5.74) is 11.4. The minimum Gasteiger partial charge on any atom is -0.350 e. The predicted molar refractivity (Wildman–Crippen MR) is 128 cm³/mol. The summed E-state index contributed by atoms with van der Waals surface area (Å²) in [6.07, 6.45) is 0.998. The number of benzene rings is 3. The maximum Gasteiger partial charge on any atom is 0.251 e. The zero-order valence-electron chi connectivity index (χ0n) is 18.6. The highest BCUT2D eigenvalue weighted by Crippen LogP contribution is 2.29. The largest absolute Gasteiger partial charge is 0.350 e. The van der Waals surface area contributed by atoms with Crippen molar-refractivity contribution in [3.8, 4) is 22.3 Å². The molecular formula is C27H30FN3O. The van der Waals surface area contributed by atoms with E-state index < -0.39 is 0 Å². The fourth-order valence-corrected chi connectivity index (χ4v) is 4.40. The second-order valence-corrected chi connectivity index (χ2v) is 8.81. The molecule has 1 fully saturated rings. The lowest BCUT2D eigenvalue weighted by Crippen LogP contribution is -2.38. The summed E-state index contributed by atoms with van der Waals surface area (Å²) < 4.78 is 13.4. The number of rotatable bonds is 6. The Labute approximate surface area is 189 Å². The van der Waals surface area contributed by atoms with Gasteiger partial charge in [-0.2, -0.15) is 0 Å². The van der Waals surface area contributed by atoms with E-state index in [4.69, 9.17) is 5.73 Å². The number of carbonyl (C=O) groups excluding carboxylic acids is 1. The summed E-state index contributed by atoms with van der Waals surface area (Å²) in [7, 11) is 2.08. The first-order valence-corrected chi connectivity index (χ1v) is 11.1. The zero-order chi connectivity index (χ0) is 22.7. The lowest BCUT2D eigenvalue weighted by atomic mass is 9.95. The van der Waals surface area contributed by atoms with Crippen molar-refractivity contribution in [1.82, 2.24) is 10.2 Å². The second kappa shape index (κ2) is 9.63. The molecule has 32 heavy (non-hydrogen) atoms. The number of halogens is 1. The molecule has 166 valence electrons. The molecule has 1 saturated heterocycles. The predicted octanol–water partition coefficient (Wildman–Crippen LogP) is 4.48. The van der Waals surface area contributed by atoms with Gasteiger partial charge in [-0.15, -0.1) is 0 Å². The van der Waals surface area contributed by atoms with E-state index in [1.54, 1.807) is 12.1 Å². The standard InChI is InChI=1S/C27H30FN3O/c1-18-3-5-20(6-4-18)22-12-23(21-7-9-25(28)10-8-21)14-24(13-22)27(32)30-16-26-11-19(15-29)17-31(26)2/h3-10,12-14,19,26H,11,15-17,29H2,1-2H3,(H,30,32)/t19-,26-/m0/s1. The van der Waals surface area contributed by atoms with E-state index in [2.05, 4.69) is 41.5 Å². The van der Waals surface area contributed by atoms with Gasteiger partial charge in [0.05, 0.1) is 0 Å². The van der Waals surface area contributed by atoms with Crippen LogP contribution in [-0.2, 0) is 0 Å². The van der Waals surface area contributed by atoms with Crippen LogP contribution in [0.15, 0.2) is 66.7 Å². The molecule has 3 N–H and O–H groups in total. The third-order valence-corrected chi connectivity index (χ3v) is 6.36. The van der Waals surface area contributed by atoms with Gasteiger partial charge in [-0.25, -0.2) is 4.39 Å². The number of nitrogens with zero attached hydrogens (tertiary/aromatic N) is 1. The van der Waals surface area contributed by atoms with Crippen LogP contribution in [0, 0.1) is 18.7 Å². The van der Waals surface area contributed by atoms with Gasteiger partial charge in [-0.1, -0.05) is 42.0 Å². The number of nitrogens with one attached hydrogen (secondary N) is 1. The van der Waals surface area contributed by atoms with Crippen LogP contribution >= 0.6 is 0 Å². The topological polar surface area (TPSA) is 58.4 Å². The second-order valence-electron chi connectivity index (χ2n) is 8.81. The molecule has 0 aliphatic carbocycles. The molecule has 4 rings (SSSR count). The van der Waals surface area contributed by atoms with Gasteiger partial charge in [0.1, 0.15) is 5.82 Å². The third-order valence-electron chi connectivity index (χ3n) is 6.36. The van der Waals surface area contributed by atoms with E-state index in [0.717, 1.165) is 35.2 Å². The Kier molecular flexibility index (Phi) is 6.68. The number of amides is 1. The number of hydrogen-bond acceptors (Lipinski definition) is 3. The van der Waals surface area contributed by atoms with E-state index >= 15 is 0 Å². The maximum absolute atomic E-state index is 13.4. The molecule has 5 heteroatoms. The van der Waals surface area contributed by atoms with Crippen molar-refractivity contribution in [3.05, 3.63) is 83.7 Å². The summed E-state index contributed by atoms with van der Waals surface area (Å²) in [5.74, 6) is 0.0987. The Hall–Kier alpha value is -3.02. The van der Waals surface area contributed by atoms with Crippen LogP contribution in [0.1, 0.15) is 22.3 Å². The molecule has 0 aromatic heterocycles. The SMILES string of the molecule is Cc1ccc(-c2cc(C(=O)NC[C@@H]3C[C@@H](CN)CN3C)cc(-c3ccc(F)cc3)c2)cc1. The number of aryl methyl sites for hydroxylation is 1. The molecule has 0 bridgehead atoms. The van der Waals surface area contributed by atoms with E-state index in [1.807, 2.05) is 25.1 Å². The van der Waals surface area contributed by atoms with E-state index in [1.165, 1.54) is 17.7 Å². The molecular weight excluding hydrogens is 401 g/mol. The van der Waals surface area contributed by atoms with Crippen molar-refractivity contribution < 1.29 is 9.18 Å². The number of likely N-dealkylation sites (N-methyl/N-ethyl adjacent to an activating group) is 1.